The minimum absolute atomic E-state index is 0.0101. The molecule has 1 unspecified atom stereocenters. The first kappa shape index (κ1) is 11.3. The van der Waals surface area contributed by atoms with E-state index in [1.165, 1.54) is 0 Å². The van der Waals surface area contributed by atoms with E-state index in [4.69, 9.17) is 10.00 Å². The molecule has 3 heteroatoms. The van der Waals surface area contributed by atoms with Gasteiger partial charge in [0.25, 0.3) is 0 Å². The van der Waals surface area contributed by atoms with Gasteiger partial charge < -0.3 is 4.74 Å². The van der Waals surface area contributed by atoms with E-state index in [2.05, 4.69) is 28.7 Å². The van der Waals surface area contributed by atoms with E-state index < -0.39 is 0 Å². The molecule has 74 valence electrons. The Kier molecular flexibility index (Phi) is 4.74. The fourth-order valence-corrected chi connectivity index (χ4v) is 1.61. The second kappa shape index (κ2) is 5.86. The van der Waals surface area contributed by atoms with Gasteiger partial charge in [-0.15, -0.1) is 0 Å². The Bertz CT molecular complexity index is 332. The molecule has 0 heterocycles. The van der Waals surface area contributed by atoms with E-state index in [9.17, 15) is 0 Å². The number of nitrogens with zero attached hydrogens (tertiary/aromatic N) is 1. The Balaban J connectivity index is 2.68. The van der Waals surface area contributed by atoms with Gasteiger partial charge in [0.15, 0.2) is 0 Å². The molecule has 0 spiro atoms. The summed E-state index contributed by atoms with van der Waals surface area (Å²) >= 11 is 2.23. The Labute approximate surface area is 98.0 Å². The maximum absolute atomic E-state index is 8.58. The minimum Gasteiger partial charge on any atom is -0.488 e. The highest BCUT2D eigenvalue weighted by Crippen LogP contribution is 2.22. The molecule has 1 atom stereocenters. The summed E-state index contributed by atoms with van der Waals surface area (Å²) in [5.74, 6) is 0.871. The van der Waals surface area contributed by atoms with Gasteiger partial charge in [0, 0.05) is 0 Å². The third-order valence-corrected chi connectivity index (χ3v) is 2.80. The third kappa shape index (κ3) is 3.18. The van der Waals surface area contributed by atoms with Crippen molar-refractivity contribution >= 4 is 22.6 Å². The highest BCUT2D eigenvalue weighted by molar-refractivity contribution is 14.1. The lowest BCUT2D eigenvalue weighted by molar-refractivity contribution is 0.201. The zero-order valence-corrected chi connectivity index (χ0v) is 10.2. The Morgan fingerprint density at radius 2 is 2.21 bits per heavy atom. The van der Waals surface area contributed by atoms with E-state index in [1.54, 1.807) is 0 Å². The molecule has 0 aliphatic carbocycles. The summed E-state index contributed by atoms with van der Waals surface area (Å²) in [4.78, 5) is 0. The zero-order valence-electron chi connectivity index (χ0n) is 8.03. The molecule has 2 nitrogen and oxygen atoms in total. The van der Waals surface area contributed by atoms with Crippen LogP contribution in [0.5, 0.6) is 5.75 Å². The topological polar surface area (TPSA) is 33.0 Å². The predicted molar refractivity (Wildman–Crippen MR) is 64.1 cm³/mol. The van der Waals surface area contributed by atoms with Crippen molar-refractivity contribution in [1.29, 1.82) is 5.26 Å². The zero-order chi connectivity index (χ0) is 10.4. The third-order valence-electron chi connectivity index (χ3n) is 1.90. The second-order valence-electron chi connectivity index (χ2n) is 2.94. The first-order chi connectivity index (χ1) is 6.77. The Hall–Kier alpha value is -0.760. The van der Waals surface area contributed by atoms with Crippen LogP contribution >= 0.6 is 22.6 Å². The molecule has 14 heavy (non-hydrogen) atoms. The fraction of sp³-hybridized carbons (Fsp3) is 0.364. The van der Waals surface area contributed by atoms with Crippen molar-refractivity contribution in [3.63, 3.8) is 0 Å². The van der Waals surface area contributed by atoms with Crippen molar-refractivity contribution in [2.75, 3.05) is 0 Å². The maximum atomic E-state index is 8.58. The quantitative estimate of drug-likeness (QED) is 0.799. The molecular formula is C11H12INO. The first-order valence-corrected chi connectivity index (χ1v) is 5.64. The van der Waals surface area contributed by atoms with E-state index >= 15 is 0 Å². The van der Waals surface area contributed by atoms with Crippen LogP contribution in [0.2, 0.25) is 0 Å². The number of halogens is 1. The lowest BCUT2D eigenvalue weighted by Crippen LogP contribution is -2.14. The SMILES string of the molecule is CCC(CC#N)Oc1ccccc1I. The van der Waals surface area contributed by atoms with Crippen LogP contribution in [0, 0.1) is 14.9 Å². The monoisotopic (exact) mass is 301 g/mol. The first-order valence-electron chi connectivity index (χ1n) is 4.56. The average molecular weight is 301 g/mol. The van der Waals surface area contributed by atoms with Gasteiger partial charge in [-0.25, -0.2) is 0 Å². The molecule has 0 saturated heterocycles. The van der Waals surface area contributed by atoms with Crippen LogP contribution in [0.4, 0.5) is 0 Å². The molecule has 0 amide bonds. The lowest BCUT2D eigenvalue weighted by atomic mass is 10.2. The highest BCUT2D eigenvalue weighted by atomic mass is 127. The minimum atomic E-state index is 0.0101. The average Bonchev–Trinajstić information content (AvgIpc) is 2.20. The number of hydrogen-bond donors (Lipinski definition) is 0. The van der Waals surface area contributed by atoms with Crippen LogP contribution in [-0.4, -0.2) is 6.10 Å². The molecule has 0 N–H and O–H groups in total. The molecule has 1 rings (SSSR count). The summed E-state index contributed by atoms with van der Waals surface area (Å²) in [6, 6.07) is 9.97. The van der Waals surface area contributed by atoms with Crippen LogP contribution in [0.3, 0.4) is 0 Å². The number of rotatable bonds is 4. The van der Waals surface area contributed by atoms with Crippen molar-refractivity contribution in [2.24, 2.45) is 0 Å². The van der Waals surface area contributed by atoms with E-state index in [0.717, 1.165) is 15.7 Å². The van der Waals surface area contributed by atoms with Gasteiger partial charge in [0.2, 0.25) is 0 Å². The largest absolute Gasteiger partial charge is 0.488 e. The van der Waals surface area contributed by atoms with Gasteiger partial charge in [-0.2, -0.15) is 5.26 Å². The highest BCUT2D eigenvalue weighted by Gasteiger charge is 2.08. The van der Waals surface area contributed by atoms with Crippen LogP contribution < -0.4 is 4.74 Å². The van der Waals surface area contributed by atoms with Crippen LogP contribution in [-0.2, 0) is 0 Å². The Morgan fingerprint density at radius 3 is 2.79 bits per heavy atom. The van der Waals surface area contributed by atoms with E-state index in [1.807, 2.05) is 31.2 Å². The van der Waals surface area contributed by atoms with Gasteiger partial charge in [-0.3, -0.25) is 0 Å². The van der Waals surface area contributed by atoms with Gasteiger partial charge >= 0.3 is 0 Å². The van der Waals surface area contributed by atoms with Crippen LogP contribution in [0.1, 0.15) is 19.8 Å². The predicted octanol–water partition coefficient (Wildman–Crippen LogP) is 3.36. The summed E-state index contributed by atoms with van der Waals surface area (Å²) in [5.41, 5.74) is 0. The maximum Gasteiger partial charge on any atom is 0.133 e. The number of benzene rings is 1. The summed E-state index contributed by atoms with van der Waals surface area (Å²) in [7, 11) is 0. The summed E-state index contributed by atoms with van der Waals surface area (Å²) in [6.45, 7) is 2.03. The van der Waals surface area contributed by atoms with E-state index in [0.29, 0.717) is 6.42 Å². The molecule has 0 radical (unpaired) electrons. The normalized spacial score (nSPS) is 11.8. The summed E-state index contributed by atoms with van der Waals surface area (Å²) in [5, 5.41) is 8.58. The second-order valence-corrected chi connectivity index (χ2v) is 4.10. The van der Waals surface area contributed by atoms with Gasteiger partial charge in [0.05, 0.1) is 16.1 Å². The Morgan fingerprint density at radius 1 is 1.50 bits per heavy atom. The molecule has 0 saturated carbocycles. The molecule has 0 fully saturated rings. The van der Waals surface area contributed by atoms with Crippen molar-refractivity contribution in [2.45, 2.75) is 25.9 Å². The smallest absolute Gasteiger partial charge is 0.133 e. The summed E-state index contributed by atoms with van der Waals surface area (Å²) < 4.78 is 6.79. The number of para-hydroxylation sites is 1. The van der Waals surface area contributed by atoms with Gasteiger partial charge in [-0.1, -0.05) is 19.1 Å². The number of ether oxygens (including phenoxy) is 1. The molecule has 1 aromatic carbocycles. The molecule has 0 bridgehead atoms. The lowest BCUT2D eigenvalue weighted by Gasteiger charge is -2.15. The molecule has 0 aliphatic rings. The van der Waals surface area contributed by atoms with Crippen molar-refractivity contribution in [1.82, 2.24) is 0 Å². The van der Waals surface area contributed by atoms with Gasteiger partial charge in [0.1, 0.15) is 11.9 Å². The fourth-order valence-electron chi connectivity index (χ4n) is 1.09. The molecule has 1 aromatic rings. The number of nitriles is 1. The molecular weight excluding hydrogens is 289 g/mol. The standard InChI is InChI=1S/C11H12INO/c1-2-9(7-8-13)14-11-6-4-3-5-10(11)12/h3-6,9H,2,7H2,1H3. The molecule has 0 aliphatic heterocycles. The molecule has 0 aromatic heterocycles. The summed E-state index contributed by atoms with van der Waals surface area (Å²) in [6.07, 6.45) is 1.32. The number of hydrogen-bond acceptors (Lipinski definition) is 2. The van der Waals surface area contributed by atoms with Crippen LogP contribution in [0.15, 0.2) is 24.3 Å². The van der Waals surface area contributed by atoms with Gasteiger partial charge in [-0.05, 0) is 41.1 Å². The van der Waals surface area contributed by atoms with E-state index in [-0.39, 0.29) is 6.10 Å². The van der Waals surface area contributed by atoms with Crippen molar-refractivity contribution in [3.05, 3.63) is 27.8 Å². The van der Waals surface area contributed by atoms with Crippen molar-refractivity contribution < 1.29 is 4.74 Å². The van der Waals surface area contributed by atoms with Crippen LogP contribution in [0.25, 0.3) is 0 Å². The van der Waals surface area contributed by atoms with Crippen molar-refractivity contribution in [3.8, 4) is 11.8 Å².